The van der Waals surface area contributed by atoms with Gasteiger partial charge in [-0.3, -0.25) is 4.79 Å². The topological polar surface area (TPSA) is 65.5 Å². The molecule has 0 bridgehead atoms. The number of ketones is 1. The van der Waals surface area contributed by atoms with Crippen LogP contribution in [0.3, 0.4) is 0 Å². The molecule has 37 heavy (non-hydrogen) atoms. The normalized spacial score (nSPS) is 11.9. The molecule has 0 spiro atoms. The first kappa shape index (κ1) is 28.4. The Morgan fingerprint density at radius 3 is 2.27 bits per heavy atom. The van der Waals surface area contributed by atoms with Crippen LogP contribution in [0, 0.1) is 6.92 Å². The molecule has 0 N–H and O–H groups in total. The average Bonchev–Trinajstić information content (AvgIpc) is 3.26. The van der Waals surface area contributed by atoms with Crippen LogP contribution in [0.1, 0.15) is 66.2 Å². The first-order valence-electron chi connectivity index (χ1n) is 12.0. The number of aromatic nitrogens is 1. The smallest absolute Gasteiger partial charge is 0.416 e. The molecule has 198 valence electrons. The van der Waals surface area contributed by atoms with E-state index in [0.29, 0.717) is 34.7 Å². The molecule has 0 amide bonds. The van der Waals surface area contributed by atoms with Crippen LogP contribution < -0.4 is 4.74 Å². The van der Waals surface area contributed by atoms with Gasteiger partial charge < -0.3 is 9.47 Å². The minimum Gasteiger partial charge on any atom is -0.476 e. The van der Waals surface area contributed by atoms with Crippen molar-refractivity contribution in [2.75, 3.05) is 6.61 Å². The summed E-state index contributed by atoms with van der Waals surface area (Å²) in [5.74, 6) is -0.0288. The van der Waals surface area contributed by atoms with Crippen LogP contribution in [0.5, 0.6) is 5.75 Å². The Kier molecular flexibility index (Phi) is 8.79. The van der Waals surface area contributed by atoms with Gasteiger partial charge in [0.05, 0.1) is 17.9 Å². The molecule has 3 rings (SSSR count). The van der Waals surface area contributed by atoms with Gasteiger partial charge in [0.1, 0.15) is 10.8 Å². The van der Waals surface area contributed by atoms with E-state index in [1.54, 1.807) is 39.0 Å². The molecular formula is C28H30F3NO4S. The molecule has 2 aromatic carbocycles. The lowest BCUT2D eigenvalue weighted by Gasteiger charge is -2.25. The maximum absolute atomic E-state index is 12.9. The van der Waals surface area contributed by atoms with Gasteiger partial charge in [-0.15, -0.1) is 11.3 Å². The zero-order chi connectivity index (χ0) is 27.4. The highest BCUT2D eigenvalue weighted by molar-refractivity contribution is 7.15. The quantitative estimate of drug-likeness (QED) is 0.203. The molecule has 1 heterocycles. The molecule has 0 unspecified atom stereocenters. The number of ether oxygens (including phenoxy) is 2. The number of rotatable bonds is 10. The van der Waals surface area contributed by atoms with Crippen molar-refractivity contribution in [1.82, 2.24) is 4.98 Å². The highest BCUT2D eigenvalue weighted by Gasteiger charge is 2.32. The van der Waals surface area contributed by atoms with Crippen molar-refractivity contribution in [3.63, 3.8) is 0 Å². The second-order valence-corrected chi connectivity index (χ2v) is 10.1. The van der Waals surface area contributed by atoms with Gasteiger partial charge in [-0.05, 0) is 76.4 Å². The lowest BCUT2D eigenvalue weighted by molar-refractivity contribution is -0.158. The fraction of sp³-hybridized carbons (Fsp3) is 0.393. The highest BCUT2D eigenvalue weighted by atomic mass is 32.1. The van der Waals surface area contributed by atoms with Crippen molar-refractivity contribution in [3.8, 4) is 16.3 Å². The number of benzene rings is 2. The standard InChI is InChI=1S/C28H30F3NO4S/c1-6-21-24(37-25(32-21)18-8-11-20(12-9-18)28(29,30)31)15-13-22(33)19-10-14-23(17(3)16-19)36-27(4,5)26(34)35-7-2/h8-12,14,16H,6-7,13,15H2,1-5H3. The van der Waals surface area contributed by atoms with Gasteiger partial charge in [-0.1, -0.05) is 19.1 Å². The van der Waals surface area contributed by atoms with Gasteiger partial charge in [0, 0.05) is 22.4 Å². The third-order valence-corrected chi connectivity index (χ3v) is 6.99. The summed E-state index contributed by atoms with van der Waals surface area (Å²) in [4.78, 5) is 30.6. The fourth-order valence-corrected chi connectivity index (χ4v) is 4.87. The van der Waals surface area contributed by atoms with E-state index in [2.05, 4.69) is 4.98 Å². The van der Waals surface area contributed by atoms with E-state index < -0.39 is 23.3 Å². The van der Waals surface area contributed by atoms with E-state index >= 15 is 0 Å². The molecule has 0 saturated heterocycles. The second-order valence-electron chi connectivity index (χ2n) is 9.05. The first-order valence-corrected chi connectivity index (χ1v) is 12.8. The van der Waals surface area contributed by atoms with Crippen LogP contribution in [0.15, 0.2) is 42.5 Å². The number of hydrogen-bond acceptors (Lipinski definition) is 6. The Bertz CT molecular complexity index is 1260. The predicted molar refractivity (Wildman–Crippen MR) is 137 cm³/mol. The zero-order valence-electron chi connectivity index (χ0n) is 21.5. The maximum atomic E-state index is 12.9. The van der Waals surface area contributed by atoms with Crippen molar-refractivity contribution < 1.29 is 32.2 Å². The second kappa shape index (κ2) is 11.5. The molecule has 0 aliphatic rings. The Morgan fingerprint density at radius 2 is 1.70 bits per heavy atom. The van der Waals surface area contributed by atoms with Crippen LogP contribution in [-0.2, 0) is 28.5 Å². The number of Topliss-reactive ketones (excluding diaryl/α,β-unsaturated/α-hetero) is 1. The maximum Gasteiger partial charge on any atom is 0.416 e. The lowest BCUT2D eigenvalue weighted by Crippen LogP contribution is -2.39. The van der Waals surface area contributed by atoms with Crippen molar-refractivity contribution >= 4 is 23.1 Å². The number of carbonyl (C=O) groups is 2. The van der Waals surface area contributed by atoms with Crippen LogP contribution in [-0.4, -0.2) is 28.9 Å². The monoisotopic (exact) mass is 533 g/mol. The van der Waals surface area contributed by atoms with Gasteiger partial charge in [0.2, 0.25) is 0 Å². The molecule has 9 heteroatoms. The number of nitrogens with zero attached hydrogens (tertiary/aromatic N) is 1. The van der Waals surface area contributed by atoms with Gasteiger partial charge in [-0.2, -0.15) is 13.2 Å². The van der Waals surface area contributed by atoms with Crippen LogP contribution in [0.4, 0.5) is 13.2 Å². The van der Waals surface area contributed by atoms with Crippen molar-refractivity contribution in [1.29, 1.82) is 0 Å². The van der Waals surface area contributed by atoms with E-state index in [-0.39, 0.29) is 18.8 Å². The largest absolute Gasteiger partial charge is 0.476 e. The zero-order valence-corrected chi connectivity index (χ0v) is 22.3. The molecule has 0 atom stereocenters. The molecule has 0 saturated carbocycles. The number of halogens is 3. The number of aryl methyl sites for hydroxylation is 3. The fourth-order valence-electron chi connectivity index (χ4n) is 3.71. The highest BCUT2D eigenvalue weighted by Crippen LogP contribution is 2.34. The summed E-state index contributed by atoms with van der Waals surface area (Å²) in [5, 5.41) is 0.634. The summed E-state index contributed by atoms with van der Waals surface area (Å²) >= 11 is 1.40. The number of carbonyl (C=O) groups excluding carboxylic acids is 2. The minimum absolute atomic E-state index is 0.0502. The minimum atomic E-state index is -4.39. The van der Waals surface area contributed by atoms with Crippen molar-refractivity contribution in [3.05, 3.63) is 69.7 Å². The van der Waals surface area contributed by atoms with E-state index in [1.165, 1.54) is 23.5 Å². The third-order valence-electron chi connectivity index (χ3n) is 5.78. The van der Waals surface area contributed by atoms with E-state index in [9.17, 15) is 22.8 Å². The van der Waals surface area contributed by atoms with E-state index in [0.717, 1.165) is 28.3 Å². The molecular weight excluding hydrogens is 503 g/mol. The summed E-state index contributed by atoms with van der Waals surface area (Å²) in [7, 11) is 0. The molecule has 1 aromatic heterocycles. The summed E-state index contributed by atoms with van der Waals surface area (Å²) in [6.07, 6.45) is -2.99. The van der Waals surface area contributed by atoms with Crippen LogP contribution in [0.25, 0.3) is 10.6 Å². The molecule has 0 fully saturated rings. The summed E-state index contributed by atoms with van der Waals surface area (Å²) < 4.78 is 49.5. The molecule has 5 nitrogen and oxygen atoms in total. The molecule has 3 aromatic rings. The van der Waals surface area contributed by atoms with Crippen LogP contribution in [0.2, 0.25) is 0 Å². The Labute approximate surface area is 218 Å². The predicted octanol–water partition coefficient (Wildman–Crippen LogP) is 7.24. The van der Waals surface area contributed by atoms with E-state index in [1.807, 2.05) is 13.8 Å². The molecule has 0 aliphatic carbocycles. The number of thiazole rings is 1. The number of hydrogen-bond donors (Lipinski definition) is 0. The van der Waals surface area contributed by atoms with E-state index in [4.69, 9.17) is 9.47 Å². The Balaban J connectivity index is 1.70. The van der Waals surface area contributed by atoms with Crippen molar-refractivity contribution in [2.45, 2.75) is 65.7 Å². The number of alkyl halides is 3. The Morgan fingerprint density at radius 1 is 1.03 bits per heavy atom. The third kappa shape index (κ3) is 6.97. The summed E-state index contributed by atoms with van der Waals surface area (Å²) in [6.45, 7) is 9.00. The van der Waals surface area contributed by atoms with Gasteiger partial charge in [0.15, 0.2) is 11.4 Å². The van der Waals surface area contributed by atoms with Gasteiger partial charge in [0.25, 0.3) is 0 Å². The van der Waals surface area contributed by atoms with Crippen molar-refractivity contribution in [2.24, 2.45) is 0 Å². The first-order chi connectivity index (χ1) is 17.4. The molecule has 0 aliphatic heterocycles. The van der Waals surface area contributed by atoms with Gasteiger partial charge in [-0.25, -0.2) is 9.78 Å². The Hall–Kier alpha value is -3.20. The lowest BCUT2D eigenvalue weighted by atomic mass is 10.0. The summed E-state index contributed by atoms with van der Waals surface area (Å²) in [6, 6.07) is 10.0. The van der Waals surface area contributed by atoms with Crippen LogP contribution >= 0.6 is 11.3 Å². The summed E-state index contributed by atoms with van der Waals surface area (Å²) in [5.41, 5.74) is 0.838. The van der Waals surface area contributed by atoms with Gasteiger partial charge >= 0.3 is 12.1 Å². The SMILES string of the molecule is CCOC(=O)C(C)(C)Oc1ccc(C(=O)CCc2sc(-c3ccc(C(F)(F)F)cc3)nc2CC)cc1C. The molecule has 0 radical (unpaired) electrons. The average molecular weight is 534 g/mol. The number of esters is 1.